The average molecular weight is 670 g/mol. The molecule has 0 bridgehead atoms. The molecule has 1 aromatic heterocycles. The third-order valence-corrected chi connectivity index (χ3v) is 7.32. The van der Waals surface area contributed by atoms with Gasteiger partial charge in [-0.3, -0.25) is 14.4 Å². The zero-order chi connectivity index (χ0) is 31.8. The van der Waals surface area contributed by atoms with E-state index in [2.05, 4.69) is 26.5 Å². The number of carboxylic acid groups (broad SMARTS) is 2. The van der Waals surface area contributed by atoms with Crippen LogP contribution >= 0.6 is 0 Å². The minimum atomic E-state index is -1.56. The summed E-state index contributed by atoms with van der Waals surface area (Å²) in [6, 6.07) is 8.49. The molecule has 2 atom stereocenters. The fourth-order valence-corrected chi connectivity index (χ4v) is 5.17. The van der Waals surface area contributed by atoms with E-state index in [4.69, 9.17) is 6.42 Å². The number of amides is 2. The van der Waals surface area contributed by atoms with Crippen LogP contribution in [-0.2, 0) is 27.4 Å². The first-order valence-corrected chi connectivity index (χ1v) is 13.9. The maximum absolute atomic E-state index is 12.8. The van der Waals surface area contributed by atoms with Gasteiger partial charge in [0.2, 0.25) is 0 Å². The first-order valence-electron chi connectivity index (χ1n) is 13.9. The van der Waals surface area contributed by atoms with Crippen molar-refractivity contribution in [2.75, 3.05) is 11.4 Å². The molecule has 1 aliphatic carbocycles. The Balaban J connectivity index is 0.00000368. The monoisotopic (exact) mass is 669 g/mol. The molecule has 0 spiro atoms. The first-order chi connectivity index (χ1) is 21.1. The van der Waals surface area contributed by atoms with Crippen LogP contribution in [0.1, 0.15) is 65.5 Å². The number of carbonyl (C=O) groups excluding carboxylic acids is 4. The van der Waals surface area contributed by atoms with Crippen molar-refractivity contribution >= 4 is 40.3 Å². The molecule has 0 fully saturated rings. The number of rotatable bonds is 14. The maximum atomic E-state index is 12.8. The van der Waals surface area contributed by atoms with Gasteiger partial charge in [0.25, 0.3) is 11.5 Å². The number of aromatic nitrogens is 2. The van der Waals surface area contributed by atoms with Crippen molar-refractivity contribution in [3.63, 3.8) is 0 Å². The number of terminal acetylenes is 1. The smallest absolute Gasteiger partial charge is 0.550 e. The van der Waals surface area contributed by atoms with Gasteiger partial charge in [-0.2, -0.15) is 6.42 Å². The molecule has 0 saturated heterocycles. The average Bonchev–Trinajstić information content (AvgIpc) is 3.41. The van der Waals surface area contributed by atoms with Crippen molar-refractivity contribution in [3.8, 4) is 12.3 Å². The van der Waals surface area contributed by atoms with Crippen LogP contribution in [0.4, 0.5) is 5.69 Å². The Morgan fingerprint density at radius 2 is 1.83 bits per heavy atom. The summed E-state index contributed by atoms with van der Waals surface area (Å²) >= 11 is 0. The molecular formula is C31H30N5Na3O8. The predicted octanol–water partition coefficient (Wildman–Crippen LogP) is -10.0. The molecule has 1 heterocycles. The first kappa shape index (κ1) is 42.8. The largest absolute Gasteiger partial charge is 1.00 e. The molecule has 1 unspecified atom stereocenters. The van der Waals surface area contributed by atoms with Gasteiger partial charge in [0.05, 0.1) is 35.5 Å². The van der Waals surface area contributed by atoms with Gasteiger partial charge in [-0.1, -0.05) is 5.92 Å². The number of aryl methyl sites for hydroxylation is 1. The number of hydrogen-bond donors (Lipinski definition) is 4. The number of carboxylic acids is 2. The minimum absolute atomic E-state index is 0. The van der Waals surface area contributed by atoms with Crippen molar-refractivity contribution in [3.05, 3.63) is 75.8 Å². The number of aromatic amines is 1. The van der Waals surface area contributed by atoms with Gasteiger partial charge in [-0.05, 0) is 73.2 Å². The summed E-state index contributed by atoms with van der Waals surface area (Å²) in [5.41, 5.74) is 2.97. The quantitative estimate of drug-likeness (QED) is 0.0552. The number of benzene rings is 2. The zero-order valence-corrected chi connectivity index (χ0v) is 32.6. The molecule has 1 aliphatic rings. The number of fused-ring (bicyclic) bond motifs is 2. The van der Waals surface area contributed by atoms with E-state index in [0.717, 1.165) is 24.0 Å². The van der Waals surface area contributed by atoms with Crippen LogP contribution < -0.4 is 120 Å². The molecule has 0 radical (unpaired) electrons. The fourth-order valence-electron chi connectivity index (χ4n) is 5.17. The Morgan fingerprint density at radius 3 is 2.45 bits per heavy atom. The SMILES string of the molecule is C#CCN(c1ccc(C(=O)NC(CCC(=O)N[CH-]CCC(=O)[O-])C(=O)[O-])cc1)[C@H]1CCc2cc3nc(CO)[nH]c(=O)c3cc21.[Na+].[Na+].[Na+]. The summed E-state index contributed by atoms with van der Waals surface area (Å²) in [4.78, 5) is 68.3. The second-order valence-corrected chi connectivity index (χ2v) is 10.2. The van der Waals surface area contributed by atoms with Gasteiger partial charge in [-0.25, -0.2) is 11.5 Å². The number of nitrogens with one attached hydrogen (secondary N) is 3. The van der Waals surface area contributed by atoms with Crippen LogP contribution in [0.25, 0.3) is 10.9 Å². The standard InChI is InChI=1S/C31H32N5O8.3Na/c1-2-14-36(25-11-7-19-15-24-22(16-21(19)25)30(42)35-26(17-37)33-24)20-8-5-18(6-9-20)29(41)34-23(31(43)44)10-12-27(38)32-13-3-4-28(39)40;;;/h1,5-6,8-9,13,15-16,23,25,37H,3-4,7,10-12,14,17H2,(H,32,38)(H,34,41)(H,39,40)(H,43,44)(H,33,35,42);;;/q-1;3*+1/p-2/t23?,25-;;;/m0.../s1. The number of hydrogen-bond acceptors (Lipinski definition) is 10. The summed E-state index contributed by atoms with van der Waals surface area (Å²) < 4.78 is 0. The van der Waals surface area contributed by atoms with E-state index in [1.165, 1.54) is 18.7 Å². The van der Waals surface area contributed by atoms with E-state index in [-0.39, 0.29) is 150 Å². The molecule has 0 saturated carbocycles. The van der Waals surface area contributed by atoms with Crippen molar-refractivity contribution < 1.29 is 123 Å². The molecule has 0 aliphatic heterocycles. The molecule has 2 aromatic carbocycles. The van der Waals surface area contributed by atoms with Crippen LogP contribution in [0.5, 0.6) is 0 Å². The van der Waals surface area contributed by atoms with Crippen LogP contribution in [-0.4, -0.2) is 51.4 Å². The Morgan fingerprint density at radius 1 is 1.13 bits per heavy atom. The van der Waals surface area contributed by atoms with Crippen molar-refractivity contribution in [2.24, 2.45) is 0 Å². The van der Waals surface area contributed by atoms with E-state index in [0.29, 0.717) is 16.6 Å². The second kappa shape index (κ2) is 20.3. The molecule has 2 amide bonds. The van der Waals surface area contributed by atoms with Gasteiger partial charge < -0.3 is 45.4 Å². The summed E-state index contributed by atoms with van der Waals surface area (Å²) in [5, 5.41) is 36.5. The summed E-state index contributed by atoms with van der Waals surface area (Å²) in [7, 11) is 0. The van der Waals surface area contributed by atoms with Gasteiger partial charge in [-0.15, -0.1) is 6.42 Å². The number of carbonyl (C=O) groups is 4. The normalized spacial score (nSPS) is 13.4. The third kappa shape index (κ3) is 11.4. The summed E-state index contributed by atoms with van der Waals surface area (Å²) in [6.07, 6.45) is 6.43. The van der Waals surface area contributed by atoms with E-state index in [9.17, 15) is 39.3 Å². The number of nitrogens with zero attached hydrogens (tertiary/aromatic N) is 2. The van der Waals surface area contributed by atoms with E-state index >= 15 is 0 Å². The maximum Gasteiger partial charge on any atom is 1.00 e. The number of aliphatic hydroxyl groups excluding tert-OH is 1. The third-order valence-electron chi connectivity index (χ3n) is 7.32. The van der Waals surface area contributed by atoms with Gasteiger partial charge in [0, 0.05) is 23.6 Å². The van der Waals surface area contributed by atoms with Crippen molar-refractivity contribution in [1.82, 2.24) is 20.6 Å². The van der Waals surface area contributed by atoms with Crippen LogP contribution in [0.2, 0.25) is 0 Å². The van der Waals surface area contributed by atoms with Crippen LogP contribution in [0, 0.1) is 18.9 Å². The molecular weight excluding hydrogens is 639 g/mol. The van der Waals surface area contributed by atoms with E-state index < -0.39 is 29.8 Å². The molecule has 4 N–H and O–H groups in total. The van der Waals surface area contributed by atoms with Crippen molar-refractivity contribution in [1.29, 1.82) is 0 Å². The molecule has 4 rings (SSSR count). The Bertz CT molecular complexity index is 1680. The van der Waals surface area contributed by atoms with Gasteiger partial charge >= 0.3 is 88.7 Å². The summed E-state index contributed by atoms with van der Waals surface area (Å²) in [5.74, 6) is -1.20. The Labute approximate surface area is 337 Å². The predicted molar refractivity (Wildman–Crippen MR) is 154 cm³/mol. The minimum Gasteiger partial charge on any atom is -0.550 e. The molecule has 16 heteroatoms. The van der Waals surface area contributed by atoms with Crippen LogP contribution in [0.3, 0.4) is 0 Å². The zero-order valence-electron chi connectivity index (χ0n) is 26.6. The second-order valence-electron chi connectivity index (χ2n) is 10.2. The Hall–Kier alpha value is -2.22. The van der Waals surface area contributed by atoms with Crippen LogP contribution in [0.15, 0.2) is 41.2 Å². The summed E-state index contributed by atoms with van der Waals surface area (Å²) in [6.45, 7) is 1.10. The molecule has 3 aromatic rings. The number of anilines is 1. The van der Waals surface area contributed by atoms with E-state index in [1.54, 1.807) is 18.2 Å². The van der Waals surface area contributed by atoms with E-state index in [1.807, 2.05) is 11.0 Å². The Kier molecular flexibility index (Phi) is 18.5. The number of H-pyrrole nitrogens is 1. The molecule has 13 nitrogen and oxygen atoms in total. The van der Waals surface area contributed by atoms with Crippen molar-refractivity contribution in [2.45, 2.75) is 57.2 Å². The number of aliphatic carboxylic acids is 2. The fraction of sp³-hybridized carbons (Fsp3) is 0.323. The molecule has 230 valence electrons. The topological polar surface area (TPSA) is 208 Å². The van der Waals surface area contributed by atoms with Gasteiger partial charge in [0.1, 0.15) is 12.4 Å². The molecule has 47 heavy (non-hydrogen) atoms. The van der Waals surface area contributed by atoms with Gasteiger partial charge in [0.15, 0.2) is 5.91 Å². The number of aliphatic hydroxyl groups is 1.